The second-order valence-corrected chi connectivity index (χ2v) is 6.92. The van der Waals surface area contributed by atoms with Gasteiger partial charge in [-0.25, -0.2) is 0 Å². The number of carbonyl (C=O) groups excluding carboxylic acids is 2. The molecule has 0 radical (unpaired) electrons. The number of carbonyl (C=O) groups is 2. The van der Waals surface area contributed by atoms with Crippen LogP contribution < -0.4 is 5.32 Å². The first-order valence-corrected chi connectivity index (χ1v) is 9.13. The van der Waals surface area contributed by atoms with E-state index in [1.54, 1.807) is 18.1 Å². The number of nitrogens with zero attached hydrogens (tertiary/aromatic N) is 1. The second-order valence-electron chi connectivity index (χ2n) is 6.92. The lowest BCUT2D eigenvalue weighted by Gasteiger charge is -2.26. The molecule has 3 heterocycles. The molecule has 2 aliphatic heterocycles. The Bertz CT molecular complexity index is 636. The summed E-state index contributed by atoms with van der Waals surface area (Å²) in [6.07, 6.45) is -0.838. The number of aliphatic hydroxyl groups excluding tert-OH is 2. The summed E-state index contributed by atoms with van der Waals surface area (Å²) in [6, 6.07) is 3.15. The number of aliphatic hydroxyl groups is 2. The number of methoxy groups -OCH3 is 1. The Labute approximate surface area is 157 Å². The Morgan fingerprint density at radius 1 is 1.33 bits per heavy atom. The highest BCUT2D eigenvalue weighted by Crippen LogP contribution is 2.26. The summed E-state index contributed by atoms with van der Waals surface area (Å²) in [5, 5.41) is 23.0. The van der Waals surface area contributed by atoms with E-state index in [0.717, 1.165) is 12.8 Å². The van der Waals surface area contributed by atoms with E-state index in [-0.39, 0.29) is 30.7 Å². The minimum absolute atomic E-state index is 0.00152. The zero-order valence-corrected chi connectivity index (χ0v) is 15.2. The van der Waals surface area contributed by atoms with E-state index < -0.39 is 30.3 Å². The Morgan fingerprint density at radius 2 is 2.11 bits per heavy atom. The van der Waals surface area contributed by atoms with Gasteiger partial charge in [-0.1, -0.05) is 0 Å². The third-order valence-corrected chi connectivity index (χ3v) is 5.10. The molecule has 0 aliphatic carbocycles. The fraction of sp³-hybridized carbons (Fsp3) is 0.667. The van der Waals surface area contributed by atoms with Gasteiger partial charge in [0, 0.05) is 20.2 Å². The number of amides is 2. The van der Waals surface area contributed by atoms with Gasteiger partial charge in [-0.2, -0.15) is 0 Å². The van der Waals surface area contributed by atoms with Crippen LogP contribution in [0.5, 0.6) is 0 Å². The Hall–Kier alpha value is -1.94. The number of hydrogen-bond donors (Lipinski definition) is 3. The van der Waals surface area contributed by atoms with Crippen LogP contribution in [-0.2, 0) is 14.3 Å². The zero-order chi connectivity index (χ0) is 19.4. The van der Waals surface area contributed by atoms with Gasteiger partial charge in [0.2, 0.25) is 5.91 Å². The summed E-state index contributed by atoms with van der Waals surface area (Å²) in [5.41, 5.74) is 0. The number of likely N-dealkylation sites (tertiary alicyclic amines) is 1. The second kappa shape index (κ2) is 8.83. The molecule has 2 fully saturated rings. The van der Waals surface area contributed by atoms with Crippen LogP contribution in [0, 0.1) is 0 Å². The molecule has 0 spiro atoms. The average molecular weight is 382 g/mol. The maximum Gasteiger partial charge on any atom is 0.287 e. The van der Waals surface area contributed by atoms with Gasteiger partial charge < -0.3 is 34.3 Å². The Kier molecular flexibility index (Phi) is 6.48. The first-order valence-electron chi connectivity index (χ1n) is 9.13. The lowest BCUT2D eigenvalue weighted by molar-refractivity contribution is -0.137. The molecule has 9 nitrogen and oxygen atoms in total. The van der Waals surface area contributed by atoms with E-state index in [0.29, 0.717) is 13.2 Å². The van der Waals surface area contributed by atoms with Gasteiger partial charge in [-0.15, -0.1) is 0 Å². The number of rotatable bonds is 7. The van der Waals surface area contributed by atoms with Crippen molar-refractivity contribution in [3.8, 4) is 0 Å². The van der Waals surface area contributed by atoms with Crippen molar-refractivity contribution in [2.75, 3.05) is 26.8 Å². The zero-order valence-electron chi connectivity index (χ0n) is 15.2. The highest BCUT2D eigenvalue weighted by Gasteiger charge is 2.44. The third-order valence-electron chi connectivity index (χ3n) is 5.10. The quantitative estimate of drug-likeness (QED) is 0.583. The predicted octanol–water partition coefficient (Wildman–Crippen LogP) is -0.474. The van der Waals surface area contributed by atoms with E-state index in [2.05, 4.69) is 5.32 Å². The molecule has 0 aromatic carbocycles. The molecule has 0 bridgehead atoms. The van der Waals surface area contributed by atoms with E-state index in [9.17, 15) is 19.8 Å². The van der Waals surface area contributed by atoms with Gasteiger partial charge in [-0.05, 0) is 25.0 Å². The Balaban J connectivity index is 1.51. The van der Waals surface area contributed by atoms with Crippen molar-refractivity contribution in [3.05, 3.63) is 24.2 Å². The smallest absolute Gasteiger partial charge is 0.287 e. The molecule has 3 rings (SSSR count). The first kappa shape index (κ1) is 19.8. The van der Waals surface area contributed by atoms with E-state index in [4.69, 9.17) is 13.9 Å². The molecule has 150 valence electrons. The van der Waals surface area contributed by atoms with Crippen molar-refractivity contribution < 1.29 is 33.7 Å². The monoisotopic (exact) mass is 382 g/mol. The molecule has 2 saturated heterocycles. The van der Waals surface area contributed by atoms with Crippen LogP contribution in [-0.4, -0.2) is 84.2 Å². The van der Waals surface area contributed by atoms with Crippen molar-refractivity contribution in [1.82, 2.24) is 10.2 Å². The summed E-state index contributed by atoms with van der Waals surface area (Å²) in [4.78, 5) is 26.2. The maximum atomic E-state index is 12.6. The lowest BCUT2D eigenvalue weighted by atomic mass is 10.0. The van der Waals surface area contributed by atoms with Gasteiger partial charge in [0.15, 0.2) is 5.76 Å². The number of nitrogens with one attached hydrogen (secondary N) is 1. The van der Waals surface area contributed by atoms with Gasteiger partial charge in [0.25, 0.3) is 5.91 Å². The molecule has 27 heavy (non-hydrogen) atoms. The molecule has 5 atom stereocenters. The fourth-order valence-corrected chi connectivity index (χ4v) is 3.67. The third kappa shape index (κ3) is 4.49. The lowest BCUT2D eigenvalue weighted by Crippen LogP contribution is -2.42. The topological polar surface area (TPSA) is 121 Å². The number of hydrogen-bond acceptors (Lipinski definition) is 7. The first-order chi connectivity index (χ1) is 13.0. The highest BCUT2D eigenvalue weighted by molar-refractivity contribution is 5.91. The van der Waals surface area contributed by atoms with Gasteiger partial charge in [0.05, 0.1) is 31.4 Å². The van der Waals surface area contributed by atoms with Crippen molar-refractivity contribution in [2.45, 2.75) is 49.7 Å². The van der Waals surface area contributed by atoms with Crippen molar-refractivity contribution in [2.24, 2.45) is 0 Å². The van der Waals surface area contributed by atoms with Crippen LogP contribution in [0.1, 0.15) is 29.8 Å². The van der Waals surface area contributed by atoms with Crippen molar-refractivity contribution >= 4 is 11.8 Å². The van der Waals surface area contributed by atoms with Gasteiger partial charge in [0.1, 0.15) is 18.3 Å². The van der Waals surface area contributed by atoms with Crippen molar-refractivity contribution in [3.63, 3.8) is 0 Å². The SMILES string of the molecule is COCC1CCCN1C(=O)CC1OC(CNC(=O)c2ccco2)C(O)C1O. The highest BCUT2D eigenvalue weighted by atomic mass is 16.5. The molecule has 2 aliphatic rings. The molecular formula is C18H26N2O7. The average Bonchev–Trinajstić information content (AvgIpc) is 3.38. The molecule has 3 N–H and O–H groups in total. The fourth-order valence-electron chi connectivity index (χ4n) is 3.67. The van der Waals surface area contributed by atoms with Gasteiger partial charge in [-0.3, -0.25) is 9.59 Å². The standard InChI is InChI=1S/C18H26N2O7/c1-25-10-11-4-2-6-20(11)15(21)8-13-16(22)17(23)14(27-13)9-19-18(24)12-5-3-7-26-12/h3,5,7,11,13-14,16-17,22-23H,2,4,6,8-10H2,1H3,(H,19,24). The minimum Gasteiger partial charge on any atom is -0.459 e. The van der Waals surface area contributed by atoms with E-state index >= 15 is 0 Å². The number of furan rings is 1. The summed E-state index contributed by atoms with van der Waals surface area (Å²) in [5.74, 6) is -0.427. The van der Waals surface area contributed by atoms with Gasteiger partial charge >= 0.3 is 0 Å². The summed E-state index contributed by atoms with van der Waals surface area (Å²) in [7, 11) is 1.60. The summed E-state index contributed by atoms with van der Waals surface area (Å²) in [6.45, 7) is 1.13. The molecule has 0 saturated carbocycles. The van der Waals surface area contributed by atoms with Crippen LogP contribution >= 0.6 is 0 Å². The summed E-state index contributed by atoms with van der Waals surface area (Å²) < 4.78 is 15.8. The van der Waals surface area contributed by atoms with Crippen LogP contribution in [0.2, 0.25) is 0 Å². The predicted molar refractivity (Wildman–Crippen MR) is 92.9 cm³/mol. The maximum absolute atomic E-state index is 12.6. The Morgan fingerprint density at radius 3 is 2.81 bits per heavy atom. The van der Waals surface area contributed by atoms with Crippen molar-refractivity contribution in [1.29, 1.82) is 0 Å². The minimum atomic E-state index is -1.19. The number of ether oxygens (including phenoxy) is 2. The van der Waals surface area contributed by atoms with Crippen LogP contribution in [0.4, 0.5) is 0 Å². The molecule has 1 aromatic heterocycles. The molecule has 5 unspecified atom stereocenters. The molecular weight excluding hydrogens is 356 g/mol. The van der Waals surface area contributed by atoms with Crippen LogP contribution in [0.25, 0.3) is 0 Å². The largest absolute Gasteiger partial charge is 0.459 e. The molecule has 1 aromatic rings. The van der Waals surface area contributed by atoms with E-state index in [1.807, 2.05) is 0 Å². The molecule has 2 amide bonds. The van der Waals surface area contributed by atoms with Crippen LogP contribution in [0.3, 0.4) is 0 Å². The molecule has 9 heteroatoms. The summed E-state index contributed by atoms with van der Waals surface area (Å²) >= 11 is 0. The van der Waals surface area contributed by atoms with Crippen LogP contribution in [0.15, 0.2) is 22.8 Å². The normalized spacial score (nSPS) is 30.6. The van der Waals surface area contributed by atoms with E-state index in [1.165, 1.54) is 12.3 Å².